The molecule has 0 aliphatic rings. The molecule has 1 rings (SSSR count). The molecular weight excluding hydrogens is 251 g/mol. The van der Waals surface area contributed by atoms with Gasteiger partial charge in [0, 0.05) is 12.5 Å². The number of phenolic OH excluding ortho intramolecular Hbond substituents is 1. The maximum Gasteiger partial charge on any atom is 0.419 e. The fraction of sp³-hybridized carbons (Fsp3) is 0.364. The van der Waals surface area contributed by atoms with Gasteiger partial charge in [-0.1, -0.05) is 6.07 Å². The predicted molar refractivity (Wildman–Crippen MR) is 56.9 cm³/mol. The van der Waals surface area contributed by atoms with Gasteiger partial charge in [0.1, 0.15) is 5.75 Å². The minimum atomic E-state index is -4.67. The Kier molecular flexibility index (Phi) is 4.18. The number of hydrogen-bond acceptors (Lipinski definition) is 3. The summed E-state index contributed by atoms with van der Waals surface area (Å²) >= 11 is 0. The van der Waals surface area contributed by atoms with Gasteiger partial charge in [-0.25, -0.2) is 0 Å². The summed E-state index contributed by atoms with van der Waals surface area (Å²) in [5.41, 5.74) is 4.56. The van der Waals surface area contributed by atoms with Crippen molar-refractivity contribution >= 4 is 5.97 Å². The van der Waals surface area contributed by atoms with E-state index < -0.39 is 29.5 Å². The van der Waals surface area contributed by atoms with E-state index in [1.54, 1.807) is 0 Å². The maximum atomic E-state index is 12.5. The third-order valence-electron chi connectivity index (χ3n) is 2.42. The van der Waals surface area contributed by atoms with Crippen molar-refractivity contribution in [2.24, 2.45) is 5.73 Å². The van der Waals surface area contributed by atoms with Crippen LogP contribution >= 0.6 is 0 Å². The van der Waals surface area contributed by atoms with Gasteiger partial charge in [-0.3, -0.25) is 4.79 Å². The van der Waals surface area contributed by atoms with E-state index >= 15 is 0 Å². The number of aromatic hydroxyl groups is 1. The summed E-state index contributed by atoms with van der Waals surface area (Å²) in [6, 6.07) is 2.07. The van der Waals surface area contributed by atoms with Crippen molar-refractivity contribution in [2.75, 3.05) is 0 Å². The molecule has 0 spiro atoms. The number of rotatable bonds is 4. The lowest BCUT2D eigenvalue weighted by Gasteiger charge is -2.14. The molecular formula is C11H12F3NO3. The van der Waals surface area contributed by atoms with Crippen LogP contribution in [0.2, 0.25) is 0 Å². The highest BCUT2D eigenvalue weighted by Crippen LogP contribution is 2.37. The van der Waals surface area contributed by atoms with Crippen molar-refractivity contribution in [1.82, 2.24) is 0 Å². The normalized spacial score (nSPS) is 13.3. The van der Waals surface area contributed by atoms with Crippen LogP contribution in [0.5, 0.6) is 5.75 Å². The topological polar surface area (TPSA) is 83.6 Å². The lowest BCUT2D eigenvalue weighted by atomic mass is 10.00. The number of nitrogens with two attached hydrogens (primary N) is 1. The van der Waals surface area contributed by atoms with Gasteiger partial charge in [0.15, 0.2) is 0 Å². The molecule has 0 bridgehead atoms. The molecule has 0 amide bonds. The number of hydrogen-bond donors (Lipinski definition) is 3. The van der Waals surface area contributed by atoms with Crippen LogP contribution in [0, 0.1) is 0 Å². The Labute approximate surface area is 101 Å². The van der Waals surface area contributed by atoms with Crippen LogP contribution in [0.4, 0.5) is 13.2 Å². The molecule has 0 aliphatic carbocycles. The van der Waals surface area contributed by atoms with E-state index in [1.165, 1.54) is 6.07 Å². The van der Waals surface area contributed by atoms with Gasteiger partial charge in [0.05, 0.1) is 5.56 Å². The third-order valence-corrected chi connectivity index (χ3v) is 2.42. The first-order valence-electron chi connectivity index (χ1n) is 5.09. The summed E-state index contributed by atoms with van der Waals surface area (Å²) < 4.78 is 37.5. The lowest BCUT2D eigenvalue weighted by Crippen LogP contribution is -2.14. The Balaban J connectivity index is 2.94. The molecule has 0 heterocycles. The Bertz CT molecular complexity index is 446. The van der Waals surface area contributed by atoms with E-state index in [1.807, 2.05) is 0 Å². The number of carbonyl (C=O) groups is 1. The molecule has 0 aliphatic heterocycles. The average molecular weight is 263 g/mol. The van der Waals surface area contributed by atoms with Crippen LogP contribution in [0.1, 0.15) is 30.0 Å². The molecule has 18 heavy (non-hydrogen) atoms. The Morgan fingerprint density at radius 3 is 2.50 bits per heavy atom. The molecule has 0 radical (unpaired) electrons. The Morgan fingerprint density at radius 2 is 2.00 bits per heavy atom. The second kappa shape index (κ2) is 5.26. The molecule has 0 saturated heterocycles. The minimum Gasteiger partial charge on any atom is -0.507 e. The van der Waals surface area contributed by atoms with Gasteiger partial charge in [-0.05, 0) is 24.1 Å². The van der Waals surface area contributed by atoms with E-state index in [2.05, 4.69) is 0 Å². The minimum absolute atomic E-state index is 0.0252. The molecule has 1 aromatic rings. The zero-order valence-electron chi connectivity index (χ0n) is 9.24. The lowest BCUT2D eigenvalue weighted by molar-refractivity contribution is -0.139. The van der Waals surface area contributed by atoms with Crippen LogP contribution in [-0.4, -0.2) is 16.2 Å². The highest BCUT2D eigenvalue weighted by Gasteiger charge is 2.34. The number of benzene rings is 1. The van der Waals surface area contributed by atoms with Crippen LogP contribution in [0.15, 0.2) is 18.2 Å². The monoisotopic (exact) mass is 263 g/mol. The van der Waals surface area contributed by atoms with E-state index in [0.717, 1.165) is 12.1 Å². The van der Waals surface area contributed by atoms with E-state index in [0.29, 0.717) is 0 Å². The van der Waals surface area contributed by atoms with Crippen LogP contribution in [0.25, 0.3) is 0 Å². The summed E-state index contributed by atoms with van der Waals surface area (Å²) in [7, 11) is 0. The molecule has 1 atom stereocenters. The highest BCUT2D eigenvalue weighted by molar-refractivity contribution is 5.66. The number of aliphatic carboxylic acids is 1. The fourth-order valence-corrected chi connectivity index (χ4v) is 1.46. The van der Waals surface area contributed by atoms with Crippen molar-refractivity contribution in [3.05, 3.63) is 29.3 Å². The maximum absolute atomic E-state index is 12.5. The van der Waals surface area contributed by atoms with Crippen molar-refractivity contribution in [3.63, 3.8) is 0 Å². The van der Waals surface area contributed by atoms with Gasteiger partial charge < -0.3 is 15.9 Å². The standard InChI is InChI=1S/C11H12F3NO3/c12-11(13,14)7-5-6(1-3-9(7)16)8(15)2-4-10(17)18/h1,3,5,8,16H,2,4,15H2,(H,17,18). The SMILES string of the molecule is NC(CCC(=O)O)c1ccc(O)c(C(F)(F)F)c1. The second-order valence-electron chi connectivity index (χ2n) is 3.81. The van der Waals surface area contributed by atoms with Gasteiger partial charge >= 0.3 is 12.1 Å². The van der Waals surface area contributed by atoms with Gasteiger partial charge in [0.25, 0.3) is 0 Å². The molecule has 100 valence electrons. The smallest absolute Gasteiger partial charge is 0.419 e. The molecule has 1 unspecified atom stereocenters. The number of carboxylic acid groups (broad SMARTS) is 1. The zero-order chi connectivity index (χ0) is 13.9. The van der Waals surface area contributed by atoms with Crippen molar-refractivity contribution in [3.8, 4) is 5.75 Å². The molecule has 0 saturated carbocycles. The predicted octanol–water partition coefficient (Wildman–Crippen LogP) is 2.28. The molecule has 4 nitrogen and oxygen atoms in total. The first-order chi connectivity index (χ1) is 8.21. The Morgan fingerprint density at radius 1 is 1.39 bits per heavy atom. The highest BCUT2D eigenvalue weighted by atomic mass is 19.4. The number of carboxylic acids is 1. The average Bonchev–Trinajstić information content (AvgIpc) is 2.24. The Hall–Kier alpha value is -1.76. The quantitative estimate of drug-likeness (QED) is 0.778. The molecule has 7 heteroatoms. The van der Waals surface area contributed by atoms with Crippen LogP contribution in [0.3, 0.4) is 0 Å². The van der Waals surface area contributed by atoms with Gasteiger partial charge in [0.2, 0.25) is 0 Å². The number of alkyl halides is 3. The summed E-state index contributed by atoms with van der Waals surface area (Å²) in [5.74, 6) is -1.95. The first-order valence-corrected chi connectivity index (χ1v) is 5.09. The van der Waals surface area contributed by atoms with Gasteiger partial charge in [-0.2, -0.15) is 13.2 Å². The zero-order valence-corrected chi connectivity index (χ0v) is 9.24. The van der Waals surface area contributed by atoms with E-state index in [-0.39, 0.29) is 18.4 Å². The van der Waals surface area contributed by atoms with Gasteiger partial charge in [-0.15, -0.1) is 0 Å². The second-order valence-corrected chi connectivity index (χ2v) is 3.81. The summed E-state index contributed by atoms with van der Waals surface area (Å²) in [4.78, 5) is 10.3. The van der Waals surface area contributed by atoms with Crippen molar-refractivity contribution < 1.29 is 28.2 Å². The van der Waals surface area contributed by atoms with E-state index in [9.17, 15) is 18.0 Å². The summed E-state index contributed by atoms with van der Waals surface area (Å²) in [6.45, 7) is 0. The molecule has 0 aromatic heterocycles. The summed E-state index contributed by atoms with van der Waals surface area (Å²) in [6.07, 6.45) is -4.88. The summed E-state index contributed by atoms with van der Waals surface area (Å²) in [5, 5.41) is 17.6. The molecule has 4 N–H and O–H groups in total. The number of phenols is 1. The van der Waals surface area contributed by atoms with E-state index in [4.69, 9.17) is 15.9 Å². The largest absolute Gasteiger partial charge is 0.507 e. The van der Waals surface area contributed by atoms with Crippen LogP contribution in [-0.2, 0) is 11.0 Å². The third kappa shape index (κ3) is 3.63. The van der Waals surface area contributed by atoms with Crippen molar-refractivity contribution in [1.29, 1.82) is 0 Å². The first kappa shape index (κ1) is 14.3. The van der Waals surface area contributed by atoms with Crippen molar-refractivity contribution in [2.45, 2.75) is 25.1 Å². The number of halogens is 3. The fourth-order valence-electron chi connectivity index (χ4n) is 1.46. The molecule has 1 aromatic carbocycles. The molecule has 0 fully saturated rings. The van der Waals surface area contributed by atoms with Crippen LogP contribution < -0.4 is 5.73 Å².